The molecule has 0 aliphatic carbocycles. The number of phenolic OH excluding ortho intramolecular Hbond substituents is 1. The molecule has 1 aliphatic rings. The standard InChI is InChI=1S/C15H24N2O/c1-13-5-6-15(18)14(11-13)12-16-7-10-17-8-3-2-4-9-17/h5-6,11,16,18H,2-4,7-10,12H2,1H3. The van der Waals surface area contributed by atoms with Gasteiger partial charge in [-0.2, -0.15) is 0 Å². The van der Waals surface area contributed by atoms with Crippen molar-refractivity contribution in [2.75, 3.05) is 26.2 Å². The molecule has 1 heterocycles. The number of benzene rings is 1. The summed E-state index contributed by atoms with van der Waals surface area (Å²) in [5, 5.41) is 13.1. The number of piperidine rings is 1. The van der Waals surface area contributed by atoms with E-state index in [0.717, 1.165) is 25.2 Å². The molecule has 1 aliphatic heterocycles. The van der Waals surface area contributed by atoms with Gasteiger partial charge in [0.15, 0.2) is 0 Å². The molecular weight excluding hydrogens is 224 g/mol. The topological polar surface area (TPSA) is 35.5 Å². The normalized spacial score (nSPS) is 16.9. The molecule has 0 spiro atoms. The third-order valence-electron chi connectivity index (χ3n) is 3.60. The lowest BCUT2D eigenvalue weighted by Gasteiger charge is -2.26. The quantitative estimate of drug-likeness (QED) is 0.785. The Bertz CT molecular complexity index is 373. The summed E-state index contributed by atoms with van der Waals surface area (Å²) in [7, 11) is 0. The molecule has 0 atom stereocenters. The molecule has 1 fully saturated rings. The Morgan fingerprint density at radius 2 is 2.00 bits per heavy atom. The van der Waals surface area contributed by atoms with Crippen molar-refractivity contribution in [2.24, 2.45) is 0 Å². The molecule has 0 unspecified atom stereocenters. The minimum Gasteiger partial charge on any atom is -0.508 e. The van der Waals surface area contributed by atoms with Crippen LogP contribution in [0.25, 0.3) is 0 Å². The molecule has 3 heteroatoms. The van der Waals surface area contributed by atoms with Crippen LogP contribution in [0.15, 0.2) is 18.2 Å². The number of nitrogens with one attached hydrogen (secondary N) is 1. The molecular formula is C15H24N2O. The van der Waals surface area contributed by atoms with Crippen LogP contribution in [0.5, 0.6) is 5.75 Å². The molecule has 1 saturated heterocycles. The molecule has 1 aromatic rings. The first-order valence-corrected chi connectivity index (χ1v) is 6.97. The maximum atomic E-state index is 9.73. The highest BCUT2D eigenvalue weighted by atomic mass is 16.3. The van der Waals surface area contributed by atoms with Gasteiger partial charge in [-0.15, -0.1) is 0 Å². The Kier molecular flexibility index (Phi) is 5.02. The lowest BCUT2D eigenvalue weighted by molar-refractivity contribution is 0.229. The fourth-order valence-corrected chi connectivity index (χ4v) is 2.50. The SMILES string of the molecule is Cc1ccc(O)c(CNCCN2CCCCC2)c1. The van der Waals surface area contributed by atoms with Crippen LogP contribution in [0, 0.1) is 6.92 Å². The van der Waals surface area contributed by atoms with E-state index in [4.69, 9.17) is 0 Å². The summed E-state index contributed by atoms with van der Waals surface area (Å²) < 4.78 is 0. The van der Waals surface area contributed by atoms with E-state index in [9.17, 15) is 5.11 Å². The van der Waals surface area contributed by atoms with Crippen LogP contribution in [0.2, 0.25) is 0 Å². The molecule has 0 bridgehead atoms. The predicted octanol–water partition coefficient (Wildman–Crippen LogP) is 2.28. The average Bonchev–Trinajstić information content (AvgIpc) is 2.40. The van der Waals surface area contributed by atoms with E-state index in [2.05, 4.69) is 17.1 Å². The zero-order valence-electron chi connectivity index (χ0n) is 11.3. The second kappa shape index (κ2) is 6.76. The molecule has 0 radical (unpaired) electrons. The van der Waals surface area contributed by atoms with Gasteiger partial charge < -0.3 is 15.3 Å². The highest BCUT2D eigenvalue weighted by Gasteiger charge is 2.09. The van der Waals surface area contributed by atoms with E-state index in [0.29, 0.717) is 5.75 Å². The summed E-state index contributed by atoms with van der Waals surface area (Å²) in [5.41, 5.74) is 2.19. The van der Waals surface area contributed by atoms with Gasteiger partial charge in [0.05, 0.1) is 0 Å². The fraction of sp³-hybridized carbons (Fsp3) is 0.600. The summed E-state index contributed by atoms with van der Waals surface area (Å²) in [5.74, 6) is 0.395. The van der Waals surface area contributed by atoms with Gasteiger partial charge in [-0.3, -0.25) is 0 Å². The first kappa shape index (κ1) is 13.4. The minimum absolute atomic E-state index is 0.395. The number of hydrogen-bond acceptors (Lipinski definition) is 3. The highest BCUT2D eigenvalue weighted by molar-refractivity contribution is 5.35. The van der Waals surface area contributed by atoms with Crippen molar-refractivity contribution >= 4 is 0 Å². The highest BCUT2D eigenvalue weighted by Crippen LogP contribution is 2.17. The molecule has 0 aromatic heterocycles. The lowest BCUT2D eigenvalue weighted by Crippen LogP contribution is -2.35. The van der Waals surface area contributed by atoms with Crippen LogP contribution >= 0.6 is 0 Å². The third kappa shape index (κ3) is 4.00. The van der Waals surface area contributed by atoms with Crippen molar-refractivity contribution in [3.63, 3.8) is 0 Å². The Morgan fingerprint density at radius 1 is 1.22 bits per heavy atom. The predicted molar refractivity (Wildman–Crippen MR) is 74.8 cm³/mol. The van der Waals surface area contributed by atoms with E-state index < -0.39 is 0 Å². The van der Waals surface area contributed by atoms with Gasteiger partial charge in [0.1, 0.15) is 5.75 Å². The second-order valence-corrected chi connectivity index (χ2v) is 5.21. The van der Waals surface area contributed by atoms with Gasteiger partial charge in [0, 0.05) is 25.2 Å². The van der Waals surface area contributed by atoms with Crippen LogP contribution in [0.4, 0.5) is 0 Å². The first-order chi connectivity index (χ1) is 8.75. The third-order valence-corrected chi connectivity index (χ3v) is 3.60. The van der Waals surface area contributed by atoms with E-state index in [1.165, 1.54) is 37.9 Å². The van der Waals surface area contributed by atoms with Crippen LogP contribution in [0.3, 0.4) is 0 Å². The van der Waals surface area contributed by atoms with Gasteiger partial charge >= 0.3 is 0 Å². The zero-order chi connectivity index (χ0) is 12.8. The van der Waals surface area contributed by atoms with Crippen molar-refractivity contribution in [3.05, 3.63) is 29.3 Å². The van der Waals surface area contributed by atoms with Gasteiger partial charge in [0.25, 0.3) is 0 Å². The van der Waals surface area contributed by atoms with E-state index in [1.54, 1.807) is 6.07 Å². The number of aryl methyl sites for hydroxylation is 1. The molecule has 1 aromatic carbocycles. The maximum Gasteiger partial charge on any atom is 0.120 e. The van der Waals surface area contributed by atoms with Gasteiger partial charge in [0.2, 0.25) is 0 Å². The van der Waals surface area contributed by atoms with E-state index in [-0.39, 0.29) is 0 Å². The van der Waals surface area contributed by atoms with Gasteiger partial charge in [-0.1, -0.05) is 24.1 Å². The Labute approximate surface area is 110 Å². The maximum absolute atomic E-state index is 9.73. The number of nitrogens with zero attached hydrogens (tertiary/aromatic N) is 1. The number of aromatic hydroxyl groups is 1. The lowest BCUT2D eigenvalue weighted by atomic mass is 10.1. The molecule has 2 rings (SSSR count). The molecule has 0 saturated carbocycles. The first-order valence-electron chi connectivity index (χ1n) is 6.97. The molecule has 3 nitrogen and oxygen atoms in total. The smallest absolute Gasteiger partial charge is 0.120 e. The molecule has 18 heavy (non-hydrogen) atoms. The summed E-state index contributed by atoms with van der Waals surface area (Å²) in [4.78, 5) is 2.52. The zero-order valence-corrected chi connectivity index (χ0v) is 11.3. The minimum atomic E-state index is 0.395. The van der Waals surface area contributed by atoms with Crippen molar-refractivity contribution in [2.45, 2.75) is 32.7 Å². The average molecular weight is 248 g/mol. The molecule has 2 N–H and O–H groups in total. The Hall–Kier alpha value is -1.06. The number of likely N-dealkylation sites (tertiary alicyclic amines) is 1. The number of phenols is 1. The number of hydrogen-bond donors (Lipinski definition) is 2. The van der Waals surface area contributed by atoms with Crippen LogP contribution in [-0.4, -0.2) is 36.2 Å². The van der Waals surface area contributed by atoms with Gasteiger partial charge in [-0.25, -0.2) is 0 Å². The van der Waals surface area contributed by atoms with Crippen LogP contribution in [0.1, 0.15) is 30.4 Å². The molecule has 0 amide bonds. The summed E-state index contributed by atoms with van der Waals surface area (Å²) >= 11 is 0. The van der Waals surface area contributed by atoms with Crippen LogP contribution in [-0.2, 0) is 6.54 Å². The van der Waals surface area contributed by atoms with Gasteiger partial charge in [-0.05, 0) is 38.9 Å². The van der Waals surface area contributed by atoms with Crippen molar-refractivity contribution in [1.82, 2.24) is 10.2 Å². The largest absolute Gasteiger partial charge is 0.508 e. The molecule has 100 valence electrons. The Morgan fingerprint density at radius 3 is 2.78 bits per heavy atom. The fourth-order valence-electron chi connectivity index (χ4n) is 2.50. The van der Waals surface area contributed by atoms with E-state index in [1.807, 2.05) is 12.1 Å². The van der Waals surface area contributed by atoms with E-state index >= 15 is 0 Å². The number of rotatable bonds is 5. The van der Waals surface area contributed by atoms with Crippen molar-refractivity contribution in [1.29, 1.82) is 0 Å². The van der Waals surface area contributed by atoms with Crippen molar-refractivity contribution in [3.8, 4) is 5.75 Å². The summed E-state index contributed by atoms with van der Waals surface area (Å²) in [6.07, 6.45) is 4.08. The monoisotopic (exact) mass is 248 g/mol. The Balaban J connectivity index is 1.69. The summed E-state index contributed by atoms with van der Waals surface area (Å²) in [6, 6.07) is 5.76. The second-order valence-electron chi connectivity index (χ2n) is 5.21. The summed E-state index contributed by atoms with van der Waals surface area (Å²) in [6.45, 7) is 7.41. The van der Waals surface area contributed by atoms with Crippen molar-refractivity contribution < 1.29 is 5.11 Å². The van der Waals surface area contributed by atoms with Crippen LogP contribution < -0.4 is 5.32 Å².